The number of guanidine groups is 1. The number of anilines is 1. The van der Waals surface area contributed by atoms with Crippen LogP contribution in [0.25, 0.3) is 0 Å². The van der Waals surface area contributed by atoms with Crippen molar-refractivity contribution in [1.29, 1.82) is 0 Å². The molecule has 3 N–H and O–H groups in total. The summed E-state index contributed by atoms with van der Waals surface area (Å²) in [5.74, 6) is 7.82. The van der Waals surface area contributed by atoms with Gasteiger partial charge in [-0.15, -0.1) is 5.92 Å². The maximum absolute atomic E-state index is 5.66. The van der Waals surface area contributed by atoms with Gasteiger partial charge >= 0.3 is 0 Å². The molecule has 122 valence electrons. The molecule has 0 aromatic carbocycles. The molecular formula is C17H24N6. The van der Waals surface area contributed by atoms with Crippen LogP contribution in [-0.4, -0.2) is 66.1 Å². The molecule has 0 saturated carbocycles. The Kier molecular flexibility index (Phi) is 4.99. The summed E-state index contributed by atoms with van der Waals surface area (Å²) in [5.41, 5.74) is 6.83. The molecule has 1 aromatic heterocycles. The van der Waals surface area contributed by atoms with Crippen LogP contribution in [0.2, 0.25) is 0 Å². The smallest absolute Gasteiger partial charge is 0.197 e. The number of aromatic nitrogens is 1. The molecule has 0 aliphatic carbocycles. The minimum absolute atomic E-state index is 0.254. The van der Waals surface area contributed by atoms with E-state index in [1.807, 2.05) is 25.3 Å². The van der Waals surface area contributed by atoms with Crippen molar-refractivity contribution in [2.75, 3.05) is 45.0 Å². The number of nitrogens with two attached hydrogens (primary N) is 1. The number of nitrogens with zero attached hydrogens (tertiary/aromatic N) is 4. The zero-order valence-electron chi connectivity index (χ0n) is 13.6. The molecular weight excluding hydrogens is 288 g/mol. The molecule has 1 fully saturated rings. The predicted octanol–water partition coefficient (Wildman–Crippen LogP) is 0.175. The van der Waals surface area contributed by atoms with Crippen molar-refractivity contribution in [2.24, 2.45) is 4.99 Å². The molecule has 0 radical (unpaired) electrons. The summed E-state index contributed by atoms with van der Waals surface area (Å²) in [6, 6.07) is 4.14. The van der Waals surface area contributed by atoms with E-state index in [0.717, 1.165) is 51.6 Å². The van der Waals surface area contributed by atoms with Gasteiger partial charge in [0.2, 0.25) is 0 Å². The first-order valence-electron chi connectivity index (χ1n) is 8.14. The summed E-state index contributed by atoms with van der Waals surface area (Å²) in [6.07, 6.45) is 2.74. The Labute approximate surface area is 137 Å². The van der Waals surface area contributed by atoms with Gasteiger partial charge in [0, 0.05) is 38.9 Å². The maximum Gasteiger partial charge on any atom is 0.197 e. The number of aliphatic imine (C=N–C) groups is 1. The molecule has 0 bridgehead atoms. The average molecular weight is 312 g/mol. The number of pyridine rings is 1. The Morgan fingerprint density at radius 3 is 2.87 bits per heavy atom. The van der Waals surface area contributed by atoms with Crippen LogP contribution in [-0.2, 0) is 6.42 Å². The number of piperazine rings is 1. The van der Waals surface area contributed by atoms with Crippen LogP contribution in [0.4, 0.5) is 5.82 Å². The molecule has 2 aliphatic rings. The van der Waals surface area contributed by atoms with Crippen LogP contribution < -0.4 is 11.1 Å². The fourth-order valence-electron chi connectivity index (χ4n) is 3.02. The lowest BCUT2D eigenvalue weighted by atomic mass is 10.1. The third kappa shape index (κ3) is 3.93. The van der Waals surface area contributed by atoms with Crippen LogP contribution in [0.1, 0.15) is 12.5 Å². The van der Waals surface area contributed by atoms with Crippen LogP contribution in [0.3, 0.4) is 0 Å². The second kappa shape index (κ2) is 7.34. The normalized spacial score (nSPS) is 20.9. The van der Waals surface area contributed by atoms with Crippen molar-refractivity contribution in [3.8, 4) is 11.8 Å². The average Bonchev–Trinajstić information content (AvgIpc) is 2.98. The number of hydrogen-bond acceptors (Lipinski definition) is 6. The molecule has 2 aliphatic heterocycles. The van der Waals surface area contributed by atoms with Crippen LogP contribution >= 0.6 is 0 Å². The minimum atomic E-state index is 0.254. The standard InChI is InChI=1S/C17H24N6/c1-2-3-8-23-13-15(11-14-4-5-16(18)20-12-14)21-17(23)22-9-6-19-7-10-22/h4-5,12,15,19H,6-11,13H2,1H3,(H2,18,20). The van der Waals surface area contributed by atoms with Crippen LogP contribution in [0, 0.1) is 11.8 Å². The highest BCUT2D eigenvalue weighted by atomic mass is 15.4. The summed E-state index contributed by atoms with van der Waals surface area (Å²) in [5, 5.41) is 3.39. The Hall–Kier alpha value is -2.26. The van der Waals surface area contributed by atoms with E-state index < -0.39 is 0 Å². The number of nitrogen functional groups attached to an aromatic ring is 1. The molecule has 1 aromatic rings. The zero-order chi connectivity index (χ0) is 16.1. The first-order valence-corrected chi connectivity index (χ1v) is 8.14. The van der Waals surface area contributed by atoms with E-state index in [1.54, 1.807) is 0 Å². The van der Waals surface area contributed by atoms with Gasteiger partial charge in [-0.1, -0.05) is 12.0 Å². The van der Waals surface area contributed by atoms with E-state index >= 15 is 0 Å². The lowest BCUT2D eigenvalue weighted by Crippen LogP contribution is -2.51. The highest BCUT2D eigenvalue weighted by Crippen LogP contribution is 2.17. The molecule has 6 heteroatoms. The van der Waals surface area contributed by atoms with Gasteiger partial charge in [0.1, 0.15) is 5.82 Å². The van der Waals surface area contributed by atoms with Crippen molar-refractivity contribution in [1.82, 2.24) is 20.1 Å². The molecule has 6 nitrogen and oxygen atoms in total. The number of rotatable bonds is 3. The topological polar surface area (TPSA) is 69.8 Å². The van der Waals surface area contributed by atoms with E-state index in [1.165, 1.54) is 5.56 Å². The van der Waals surface area contributed by atoms with Crippen molar-refractivity contribution in [2.45, 2.75) is 19.4 Å². The van der Waals surface area contributed by atoms with E-state index in [4.69, 9.17) is 10.7 Å². The van der Waals surface area contributed by atoms with Gasteiger partial charge in [0.05, 0.1) is 12.6 Å². The number of hydrogen-bond donors (Lipinski definition) is 2. The molecule has 1 saturated heterocycles. The van der Waals surface area contributed by atoms with Crippen molar-refractivity contribution in [3.05, 3.63) is 23.9 Å². The molecule has 1 atom stereocenters. The van der Waals surface area contributed by atoms with Gasteiger partial charge in [-0.2, -0.15) is 0 Å². The highest BCUT2D eigenvalue weighted by molar-refractivity contribution is 5.82. The lowest BCUT2D eigenvalue weighted by Gasteiger charge is -2.33. The fraction of sp³-hybridized carbons (Fsp3) is 0.529. The SMILES string of the molecule is CC#CCN1CC(Cc2ccc(N)nc2)N=C1N1CCNCC1. The molecule has 3 rings (SSSR count). The molecule has 0 amide bonds. The Morgan fingerprint density at radius 2 is 2.17 bits per heavy atom. The molecule has 1 unspecified atom stereocenters. The van der Waals surface area contributed by atoms with E-state index in [-0.39, 0.29) is 6.04 Å². The summed E-state index contributed by atoms with van der Waals surface area (Å²) in [6.45, 7) is 7.58. The predicted molar refractivity (Wildman–Crippen MR) is 93.0 cm³/mol. The van der Waals surface area contributed by atoms with Crippen molar-refractivity contribution < 1.29 is 0 Å². The maximum atomic E-state index is 5.66. The Bertz CT molecular complexity index is 606. The first kappa shape index (κ1) is 15.6. The third-order valence-corrected chi connectivity index (χ3v) is 4.18. The van der Waals surface area contributed by atoms with Crippen LogP contribution in [0.15, 0.2) is 23.3 Å². The Balaban J connectivity index is 1.71. The number of nitrogens with one attached hydrogen (secondary N) is 1. The van der Waals surface area contributed by atoms with E-state index in [9.17, 15) is 0 Å². The summed E-state index contributed by atoms with van der Waals surface area (Å²) < 4.78 is 0. The Morgan fingerprint density at radius 1 is 1.35 bits per heavy atom. The molecule has 3 heterocycles. The minimum Gasteiger partial charge on any atom is -0.384 e. The zero-order valence-corrected chi connectivity index (χ0v) is 13.6. The van der Waals surface area contributed by atoms with E-state index in [2.05, 4.69) is 31.9 Å². The second-order valence-electron chi connectivity index (χ2n) is 5.92. The fourth-order valence-corrected chi connectivity index (χ4v) is 3.02. The van der Waals surface area contributed by atoms with Gasteiger partial charge in [0.15, 0.2) is 5.96 Å². The van der Waals surface area contributed by atoms with Gasteiger partial charge in [-0.05, 0) is 25.0 Å². The largest absolute Gasteiger partial charge is 0.384 e. The monoisotopic (exact) mass is 312 g/mol. The molecule has 23 heavy (non-hydrogen) atoms. The van der Waals surface area contributed by atoms with Gasteiger partial charge in [-0.3, -0.25) is 0 Å². The van der Waals surface area contributed by atoms with Gasteiger partial charge in [0.25, 0.3) is 0 Å². The first-order chi connectivity index (χ1) is 11.3. The highest BCUT2D eigenvalue weighted by Gasteiger charge is 2.29. The third-order valence-electron chi connectivity index (χ3n) is 4.18. The van der Waals surface area contributed by atoms with E-state index in [0.29, 0.717) is 5.82 Å². The lowest BCUT2D eigenvalue weighted by molar-refractivity contribution is 0.313. The summed E-state index contributed by atoms with van der Waals surface area (Å²) >= 11 is 0. The van der Waals surface area contributed by atoms with Gasteiger partial charge < -0.3 is 20.9 Å². The summed E-state index contributed by atoms with van der Waals surface area (Å²) in [4.78, 5) is 13.8. The van der Waals surface area contributed by atoms with Crippen LogP contribution in [0.5, 0.6) is 0 Å². The second-order valence-corrected chi connectivity index (χ2v) is 5.92. The summed E-state index contributed by atoms with van der Waals surface area (Å²) in [7, 11) is 0. The van der Waals surface area contributed by atoms with Gasteiger partial charge in [-0.25, -0.2) is 9.98 Å². The quantitative estimate of drug-likeness (QED) is 0.779. The molecule has 0 spiro atoms. The van der Waals surface area contributed by atoms with Crippen molar-refractivity contribution in [3.63, 3.8) is 0 Å². The van der Waals surface area contributed by atoms with Crippen molar-refractivity contribution >= 4 is 11.8 Å².